The summed E-state index contributed by atoms with van der Waals surface area (Å²) in [6.45, 7) is 3.55. The van der Waals surface area contributed by atoms with Crippen molar-refractivity contribution in [3.8, 4) is 5.75 Å². The lowest BCUT2D eigenvalue weighted by molar-refractivity contribution is -0.147. The van der Waals surface area contributed by atoms with Gasteiger partial charge >= 0.3 is 11.9 Å². The molecule has 5 nitrogen and oxygen atoms in total. The van der Waals surface area contributed by atoms with E-state index < -0.39 is 22.8 Å². The van der Waals surface area contributed by atoms with Crippen LogP contribution in [0.15, 0.2) is 18.2 Å². The number of benzene rings is 1. The van der Waals surface area contributed by atoms with Gasteiger partial charge in [-0.25, -0.2) is 0 Å². The zero-order chi connectivity index (χ0) is 21.5. The van der Waals surface area contributed by atoms with Crippen molar-refractivity contribution in [2.45, 2.75) is 90.9 Å². The molecule has 0 aliphatic heterocycles. The van der Waals surface area contributed by atoms with Gasteiger partial charge in [-0.15, -0.1) is 0 Å². The number of aryl methyl sites for hydroxylation is 2. The summed E-state index contributed by atoms with van der Waals surface area (Å²) in [6.07, 6.45) is 10.6. The minimum atomic E-state index is -0.732. The molecule has 0 spiro atoms. The molecule has 0 aromatic heterocycles. The number of hydrogen-bond donors (Lipinski definition) is 3. The number of phenolic OH excluding ortho intramolecular Hbond substituents is 1. The average Bonchev–Trinajstić information content (AvgIpc) is 3.45. The Morgan fingerprint density at radius 2 is 1.62 bits per heavy atom. The molecule has 0 heterocycles. The van der Waals surface area contributed by atoms with Gasteiger partial charge in [-0.05, 0) is 82.4 Å². The second-order valence-electron chi connectivity index (χ2n) is 9.36. The largest absolute Gasteiger partial charge is 0.508 e. The third-order valence-corrected chi connectivity index (χ3v) is 6.40. The highest BCUT2D eigenvalue weighted by Crippen LogP contribution is 2.50. The van der Waals surface area contributed by atoms with Crippen LogP contribution in [0.25, 0.3) is 0 Å². The zero-order valence-corrected chi connectivity index (χ0v) is 17.9. The van der Waals surface area contributed by atoms with Gasteiger partial charge in [0.15, 0.2) is 0 Å². The summed E-state index contributed by atoms with van der Waals surface area (Å²) in [4.78, 5) is 22.3. The lowest BCUT2D eigenvalue weighted by atomic mass is 9.87. The number of hydrogen-bond acceptors (Lipinski definition) is 3. The molecule has 1 aliphatic carbocycles. The molecule has 3 N–H and O–H groups in total. The Kier molecular flexibility index (Phi) is 8.12. The van der Waals surface area contributed by atoms with E-state index in [-0.39, 0.29) is 0 Å². The standard InChI is InChI=1S/C24H36O5/c1-23(2,21(26)27)13-7-4-3-5-9-18-11-12-20(25)19(17-18)10-6-8-14-24(15-16-24)22(28)29/h11-12,17,25H,3-10,13-16H2,1-2H3,(H,26,27)(H,28,29). The lowest BCUT2D eigenvalue weighted by Crippen LogP contribution is -2.23. The predicted octanol–water partition coefficient (Wildman–Crippen LogP) is 5.57. The Morgan fingerprint density at radius 1 is 0.966 bits per heavy atom. The molecule has 0 bridgehead atoms. The summed E-state index contributed by atoms with van der Waals surface area (Å²) in [5.74, 6) is -1.07. The number of aliphatic carboxylic acids is 2. The summed E-state index contributed by atoms with van der Waals surface area (Å²) in [7, 11) is 0. The second kappa shape index (κ2) is 10.1. The predicted molar refractivity (Wildman–Crippen MR) is 113 cm³/mol. The normalized spacial score (nSPS) is 15.2. The van der Waals surface area contributed by atoms with E-state index in [1.807, 2.05) is 6.07 Å². The van der Waals surface area contributed by atoms with Gasteiger partial charge in [0.1, 0.15) is 5.75 Å². The van der Waals surface area contributed by atoms with Gasteiger partial charge in [-0.2, -0.15) is 0 Å². The monoisotopic (exact) mass is 404 g/mol. The van der Waals surface area contributed by atoms with Gasteiger partial charge < -0.3 is 15.3 Å². The third kappa shape index (κ3) is 7.06. The maximum atomic E-state index is 11.2. The van der Waals surface area contributed by atoms with Crippen molar-refractivity contribution >= 4 is 11.9 Å². The Labute approximate surface area is 174 Å². The Morgan fingerprint density at radius 3 is 2.24 bits per heavy atom. The van der Waals surface area contributed by atoms with Crippen LogP contribution in [0.5, 0.6) is 5.75 Å². The van der Waals surface area contributed by atoms with Gasteiger partial charge in [-0.1, -0.05) is 37.8 Å². The van der Waals surface area contributed by atoms with Crippen molar-refractivity contribution in [3.63, 3.8) is 0 Å². The number of carbonyl (C=O) groups is 2. The minimum Gasteiger partial charge on any atom is -0.508 e. The van der Waals surface area contributed by atoms with E-state index in [9.17, 15) is 19.8 Å². The first-order valence-corrected chi connectivity index (χ1v) is 10.9. The first-order chi connectivity index (χ1) is 13.7. The first kappa shape index (κ1) is 23.2. The molecule has 1 saturated carbocycles. The van der Waals surface area contributed by atoms with E-state index >= 15 is 0 Å². The molecule has 5 heteroatoms. The van der Waals surface area contributed by atoms with Gasteiger partial charge in [0, 0.05) is 0 Å². The fourth-order valence-electron chi connectivity index (χ4n) is 3.85. The van der Waals surface area contributed by atoms with Crippen LogP contribution in [0.4, 0.5) is 0 Å². The topological polar surface area (TPSA) is 94.8 Å². The van der Waals surface area contributed by atoms with E-state index in [0.29, 0.717) is 12.2 Å². The highest BCUT2D eigenvalue weighted by atomic mass is 16.4. The molecule has 29 heavy (non-hydrogen) atoms. The number of phenols is 1. The van der Waals surface area contributed by atoms with Crippen LogP contribution >= 0.6 is 0 Å². The van der Waals surface area contributed by atoms with Crippen molar-refractivity contribution in [1.82, 2.24) is 0 Å². The van der Waals surface area contributed by atoms with Gasteiger partial charge in [0.25, 0.3) is 0 Å². The summed E-state index contributed by atoms with van der Waals surface area (Å²) in [6, 6.07) is 5.81. The highest BCUT2D eigenvalue weighted by molar-refractivity contribution is 5.77. The van der Waals surface area contributed by atoms with Crippen LogP contribution in [-0.4, -0.2) is 27.3 Å². The Balaban J connectivity index is 1.67. The van der Waals surface area contributed by atoms with Crippen LogP contribution in [0.3, 0.4) is 0 Å². The highest BCUT2D eigenvalue weighted by Gasteiger charge is 2.49. The maximum Gasteiger partial charge on any atom is 0.309 e. The first-order valence-electron chi connectivity index (χ1n) is 10.9. The maximum absolute atomic E-state index is 11.2. The molecule has 0 saturated heterocycles. The van der Waals surface area contributed by atoms with Gasteiger partial charge in [-0.3, -0.25) is 9.59 Å². The molecular weight excluding hydrogens is 368 g/mol. The van der Waals surface area contributed by atoms with Gasteiger partial charge in [0.05, 0.1) is 10.8 Å². The number of carboxylic acids is 2. The molecule has 0 amide bonds. The molecule has 1 aromatic rings. The Bertz CT molecular complexity index is 703. The molecule has 0 atom stereocenters. The summed E-state index contributed by atoms with van der Waals surface area (Å²) < 4.78 is 0. The number of carboxylic acid groups (broad SMARTS) is 2. The molecule has 1 aromatic carbocycles. The van der Waals surface area contributed by atoms with Crippen molar-refractivity contribution in [1.29, 1.82) is 0 Å². The van der Waals surface area contributed by atoms with Crippen LogP contribution < -0.4 is 0 Å². The molecule has 2 rings (SSSR count). The number of rotatable bonds is 14. The summed E-state index contributed by atoms with van der Waals surface area (Å²) in [5, 5.41) is 28.5. The van der Waals surface area contributed by atoms with Crippen molar-refractivity contribution in [2.24, 2.45) is 10.8 Å². The Hall–Kier alpha value is -2.04. The molecule has 0 unspecified atom stereocenters. The quantitative estimate of drug-likeness (QED) is 0.352. The van der Waals surface area contributed by atoms with Crippen LogP contribution in [0.2, 0.25) is 0 Å². The van der Waals surface area contributed by atoms with Crippen LogP contribution in [-0.2, 0) is 22.4 Å². The van der Waals surface area contributed by atoms with Crippen LogP contribution in [0.1, 0.15) is 89.2 Å². The fraction of sp³-hybridized carbons (Fsp3) is 0.667. The van der Waals surface area contributed by atoms with Crippen molar-refractivity contribution < 1.29 is 24.9 Å². The van der Waals surface area contributed by atoms with E-state index in [0.717, 1.165) is 76.2 Å². The summed E-state index contributed by atoms with van der Waals surface area (Å²) in [5.41, 5.74) is 1.07. The fourth-order valence-corrected chi connectivity index (χ4v) is 3.85. The molecule has 1 aliphatic rings. The summed E-state index contributed by atoms with van der Waals surface area (Å²) >= 11 is 0. The number of unbranched alkanes of at least 4 members (excludes halogenated alkanes) is 4. The molecule has 162 valence electrons. The average molecular weight is 405 g/mol. The van der Waals surface area contributed by atoms with E-state index in [1.54, 1.807) is 19.9 Å². The lowest BCUT2D eigenvalue weighted by Gasteiger charge is -2.18. The van der Waals surface area contributed by atoms with E-state index in [4.69, 9.17) is 5.11 Å². The van der Waals surface area contributed by atoms with E-state index in [1.165, 1.54) is 5.56 Å². The van der Waals surface area contributed by atoms with Crippen molar-refractivity contribution in [3.05, 3.63) is 29.3 Å². The van der Waals surface area contributed by atoms with Crippen molar-refractivity contribution in [2.75, 3.05) is 0 Å². The van der Waals surface area contributed by atoms with E-state index in [2.05, 4.69) is 6.07 Å². The van der Waals surface area contributed by atoms with Gasteiger partial charge in [0.2, 0.25) is 0 Å². The smallest absolute Gasteiger partial charge is 0.309 e. The molecule has 0 radical (unpaired) electrons. The van der Waals surface area contributed by atoms with Crippen LogP contribution in [0, 0.1) is 10.8 Å². The minimum absolute atomic E-state index is 0.323. The molecular formula is C24H36O5. The molecule has 1 fully saturated rings. The third-order valence-electron chi connectivity index (χ3n) is 6.40. The second-order valence-corrected chi connectivity index (χ2v) is 9.36. The SMILES string of the molecule is CC(C)(CCCCCCc1ccc(O)c(CCCCC2(C(=O)O)CC2)c1)C(=O)O. The number of aromatic hydroxyl groups is 1. The zero-order valence-electron chi connectivity index (χ0n) is 17.9.